The van der Waals surface area contributed by atoms with Gasteiger partial charge in [0.15, 0.2) is 0 Å². The molecule has 0 atom stereocenters. The largest absolute Gasteiger partial charge is 0.380 e. The Morgan fingerprint density at radius 3 is 2.53 bits per heavy atom. The van der Waals surface area contributed by atoms with Crippen LogP contribution in [0.3, 0.4) is 0 Å². The molecule has 1 heterocycles. The summed E-state index contributed by atoms with van der Waals surface area (Å²) in [6.07, 6.45) is 5.39. The first-order chi connectivity index (χ1) is 9.22. The second-order valence-corrected chi connectivity index (χ2v) is 4.39. The van der Waals surface area contributed by atoms with E-state index in [0.717, 1.165) is 31.6 Å². The topological polar surface area (TPSA) is 45.2 Å². The van der Waals surface area contributed by atoms with E-state index < -0.39 is 0 Å². The van der Waals surface area contributed by atoms with E-state index in [4.69, 9.17) is 0 Å². The minimum atomic E-state index is 0.0129. The summed E-state index contributed by atoms with van der Waals surface area (Å²) in [6, 6.07) is 3.64. The zero-order valence-corrected chi connectivity index (χ0v) is 11.9. The van der Waals surface area contributed by atoms with Crippen molar-refractivity contribution in [3.63, 3.8) is 0 Å². The Bertz CT molecular complexity index is 394. The number of nitrogens with one attached hydrogen (secondary N) is 1. The molecule has 0 aliphatic rings. The summed E-state index contributed by atoms with van der Waals surface area (Å²) in [6.45, 7) is 10.0. The van der Waals surface area contributed by atoms with Crippen LogP contribution < -0.4 is 5.32 Å². The predicted octanol–water partition coefficient (Wildman–Crippen LogP) is 2.94. The average molecular weight is 261 g/mol. The molecule has 0 spiro atoms. The van der Waals surface area contributed by atoms with Crippen molar-refractivity contribution in [3.8, 4) is 0 Å². The Balaban J connectivity index is 2.72. The Labute approximate surface area is 115 Å². The fourth-order valence-corrected chi connectivity index (χ4v) is 1.83. The van der Waals surface area contributed by atoms with E-state index >= 15 is 0 Å². The van der Waals surface area contributed by atoms with Gasteiger partial charge in [-0.15, -0.1) is 6.58 Å². The van der Waals surface area contributed by atoms with Gasteiger partial charge in [0.2, 0.25) is 0 Å². The second kappa shape index (κ2) is 8.29. The molecule has 0 radical (unpaired) electrons. The van der Waals surface area contributed by atoms with Crippen molar-refractivity contribution in [2.75, 3.05) is 25.0 Å². The maximum atomic E-state index is 12.3. The second-order valence-electron chi connectivity index (χ2n) is 4.39. The van der Waals surface area contributed by atoms with Crippen LogP contribution in [0, 0.1) is 0 Å². The van der Waals surface area contributed by atoms with Crippen LogP contribution >= 0.6 is 0 Å². The molecule has 0 saturated heterocycles. The molecule has 1 amide bonds. The van der Waals surface area contributed by atoms with Gasteiger partial charge in [-0.25, -0.2) is 4.98 Å². The normalized spacial score (nSPS) is 10.0. The number of hydrogen-bond acceptors (Lipinski definition) is 3. The summed E-state index contributed by atoms with van der Waals surface area (Å²) in [5.74, 6) is 0.0129. The highest BCUT2D eigenvalue weighted by molar-refractivity contribution is 5.92. The van der Waals surface area contributed by atoms with E-state index in [1.165, 1.54) is 0 Å². The van der Waals surface area contributed by atoms with Gasteiger partial charge in [0.25, 0.3) is 5.91 Å². The molecule has 4 nitrogen and oxygen atoms in total. The van der Waals surface area contributed by atoms with Crippen LogP contribution in [-0.2, 0) is 0 Å². The van der Waals surface area contributed by atoms with Gasteiger partial charge in [-0.1, -0.05) is 19.9 Å². The summed E-state index contributed by atoms with van der Waals surface area (Å²) in [7, 11) is 0. The highest BCUT2D eigenvalue weighted by Crippen LogP contribution is 2.09. The smallest absolute Gasteiger partial charge is 0.272 e. The molecule has 19 heavy (non-hydrogen) atoms. The van der Waals surface area contributed by atoms with Gasteiger partial charge < -0.3 is 10.2 Å². The lowest BCUT2D eigenvalue weighted by molar-refractivity contribution is 0.0749. The van der Waals surface area contributed by atoms with Crippen molar-refractivity contribution >= 4 is 11.6 Å². The van der Waals surface area contributed by atoms with Crippen molar-refractivity contribution in [1.82, 2.24) is 9.88 Å². The molecule has 0 aliphatic carbocycles. The molecule has 1 aromatic rings. The van der Waals surface area contributed by atoms with E-state index in [9.17, 15) is 4.79 Å². The Hall–Kier alpha value is -1.84. The van der Waals surface area contributed by atoms with Crippen molar-refractivity contribution in [2.24, 2.45) is 0 Å². The molecule has 1 rings (SSSR count). The molecule has 1 aromatic heterocycles. The van der Waals surface area contributed by atoms with Crippen molar-refractivity contribution in [3.05, 3.63) is 36.7 Å². The highest BCUT2D eigenvalue weighted by Gasteiger charge is 2.15. The zero-order valence-electron chi connectivity index (χ0n) is 11.9. The SMILES string of the molecule is C=CCNc1ccc(C(=O)N(CCC)CCC)nc1. The van der Waals surface area contributed by atoms with Gasteiger partial charge >= 0.3 is 0 Å². The van der Waals surface area contributed by atoms with Crippen LogP contribution in [0.4, 0.5) is 5.69 Å². The average Bonchev–Trinajstić information content (AvgIpc) is 2.44. The molecular formula is C15H23N3O. The molecule has 0 aliphatic heterocycles. The number of amides is 1. The zero-order chi connectivity index (χ0) is 14.1. The van der Waals surface area contributed by atoms with Crippen molar-refractivity contribution in [1.29, 1.82) is 0 Å². The third-order valence-corrected chi connectivity index (χ3v) is 2.71. The van der Waals surface area contributed by atoms with Crippen LogP contribution in [-0.4, -0.2) is 35.4 Å². The quantitative estimate of drug-likeness (QED) is 0.732. The summed E-state index contributed by atoms with van der Waals surface area (Å²) in [5, 5.41) is 3.13. The lowest BCUT2D eigenvalue weighted by Crippen LogP contribution is -2.33. The van der Waals surface area contributed by atoms with Crippen LogP contribution in [0.25, 0.3) is 0 Å². The summed E-state index contributed by atoms with van der Waals surface area (Å²) in [5.41, 5.74) is 1.40. The van der Waals surface area contributed by atoms with Crippen molar-refractivity contribution < 1.29 is 4.79 Å². The molecule has 0 aromatic carbocycles. The molecular weight excluding hydrogens is 238 g/mol. The summed E-state index contributed by atoms with van der Waals surface area (Å²) >= 11 is 0. The third kappa shape index (κ3) is 4.73. The molecule has 0 saturated carbocycles. The Kier molecular flexibility index (Phi) is 6.64. The van der Waals surface area contributed by atoms with E-state index in [1.54, 1.807) is 18.3 Å². The predicted molar refractivity (Wildman–Crippen MR) is 79.4 cm³/mol. The van der Waals surface area contributed by atoms with E-state index in [1.807, 2.05) is 11.0 Å². The van der Waals surface area contributed by atoms with Gasteiger partial charge in [0.1, 0.15) is 5.69 Å². The van der Waals surface area contributed by atoms with Gasteiger partial charge in [0, 0.05) is 19.6 Å². The monoisotopic (exact) mass is 261 g/mol. The summed E-state index contributed by atoms with van der Waals surface area (Å²) in [4.78, 5) is 18.4. The Morgan fingerprint density at radius 2 is 2.05 bits per heavy atom. The van der Waals surface area contributed by atoms with E-state index in [0.29, 0.717) is 12.2 Å². The highest BCUT2D eigenvalue weighted by atomic mass is 16.2. The number of anilines is 1. The number of carbonyl (C=O) groups is 1. The van der Waals surface area contributed by atoms with E-state index in [2.05, 4.69) is 30.7 Å². The van der Waals surface area contributed by atoms with Crippen LogP contribution in [0.5, 0.6) is 0 Å². The number of aromatic nitrogens is 1. The molecule has 104 valence electrons. The van der Waals surface area contributed by atoms with Crippen LogP contribution in [0.15, 0.2) is 31.0 Å². The lowest BCUT2D eigenvalue weighted by Gasteiger charge is -2.21. The van der Waals surface area contributed by atoms with Crippen LogP contribution in [0.1, 0.15) is 37.2 Å². The molecule has 0 unspecified atom stereocenters. The number of nitrogens with zero attached hydrogens (tertiary/aromatic N) is 2. The van der Waals surface area contributed by atoms with Gasteiger partial charge in [0.05, 0.1) is 11.9 Å². The van der Waals surface area contributed by atoms with E-state index in [-0.39, 0.29) is 5.91 Å². The first kappa shape index (κ1) is 15.2. The first-order valence-electron chi connectivity index (χ1n) is 6.83. The standard InChI is InChI=1S/C15H23N3O/c1-4-9-16-13-7-8-14(17-12-13)15(19)18(10-5-2)11-6-3/h4,7-8,12,16H,1,5-6,9-11H2,2-3H3. The number of carbonyl (C=O) groups excluding carboxylic acids is 1. The maximum absolute atomic E-state index is 12.3. The fraction of sp³-hybridized carbons (Fsp3) is 0.467. The molecule has 0 fully saturated rings. The number of rotatable bonds is 8. The molecule has 0 bridgehead atoms. The van der Waals surface area contributed by atoms with Crippen LogP contribution in [0.2, 0.25) is 0 Å². The molecule has 1 N–H and O–H groups in total. The fourth-order valence-electron chi connectivity index (χ4n) is 1.83. The third-order valence-electron chi connectivity index (χ3n) is 2.71. The minimum absolute atomic E-state index is 0.0129. The summed E-state index contributed by atoms with van der Waals surface area (Å²) < 4.78 is 0. The first-order valence-corrected chi connectivity index (χ1v) is 6.83. The van der Waals surface area contributed by atoms with Gasteiger partial charge in [-0.2, -0.15) is 0 Å². The number of hydrogen-bond donors (Lipinski definition) is 1. The van der Waals surface area contributed by atoms with Gasteiger partial charge in [-0.05, 0) is 25.0 Å². The number of pyridine rings is 1. The lowest BCUT2D eigenvalue weighted by atomic mass is 10.2. The van der Waals surface area contributed by atoms with Crippen molar-refractivity contribution in [2.45, 2.75) is 26.7 Å². The Morgan fingerprint density at radius 1 is 1.37 bits per heavy atom. The molecule has 4 heteroatoms. The maximum Gasteiger partial charge on any atom is 0.272 e. The minimum Gasteiger partial charge on any atom is -0.380 e. The van der Waals surface area contributed by atoms with Gasteiger partial charge in [-0.3, -0.25) is 4.79 Å².